The van der Waals surface area contributed by atoms with Crippen molar-refractivity contribution in [2.24, 2.45) is 5.92 Å². The molecule has 1 saturated heterocycles. The van der Waals surface area contributed by atoms with Gasteiger partial charge in [-0.3, -0.25) is 9.59 Å². The molecule has 35 heavy (non-hydrogen) atoms. The number of alkyl carbamates (subject to hydrolysis) is 1. The number of carbonyl (C=O) groups excluding carboxylic acids is 2. The van der Waals surface area contributed by atoms with E-state index in [1.165, 1.54) is 22.3 Å². The molecular formula is C28H34N2O5. The highest BCUT2D eigenvalue weighted by molar-refractivity contribution is 5.79. The van der Waals surface area contributed by atoms with Crippen LogP contribution in [0, 0.1) is 5.92 Å². The Hall–Kier alpha value is -3.35. The van der Waals surface area contributed by atoms with Gasteiger partial charge < -0.3 is 20.1 Å². The Bertz CT molecular complexity index is 1020. The van der Waals surface area contributed by atoms with Gasteiger partial charge in [0.2, 0.25) is 5.91 Å². The number of fused-ring (bicyclic) bond motifs is 3. The van der Waals surface area contributed by atoms with Gasteiger partial charge in [-0.25, -0.2) is 4.79 Å². The van der Waals surface area contributed by atoms with Gasteiger partial charge in [0.1, 0.15) is 6.61 Å². The van der Waals surface area contributed by atoms with Gasteiger partial charge in [-0.05, 0) is 60.8 Å². The minimum absolute atomic E-state index is 0.0286. The zero-order valence-corrected chi connectivity index (χ0v) is 20.2. The molecule has 1 aliphatic carbocycles. The van der Waals surface area contributed by atoms with Crippen LogP contribution in [-0.2, 0) is 14.3 Å². The van der Waals surface area contributed by atoms with E-state index in [-0.39, 0.29) is 36.8 Å². The van der Waals surface area contributed by atoms with Gasteiger partial charge >= 0.3 is 12.1 Å². The molecule has 0 radical (unpaired) electrons. The molecule has 0 spiro atoms. The standard InChI is InChI=1S/C28H34N2O5/c1-19(7-6-12-26(31)30-16-15-20(17-30)13-14-27(32)33)29-28(34)35-18-25-23-10-4-2-8-21(23)22-9-3-5-11-24(22)25/h2-5,8-11,19-20,25H,6-7,12-18H2,1H3,(H,29,34)(H,32,33). The average molecular weight is 479 g/mol. The minimum atomic E-state index is -0.785. The maximum Gasteiger partial charge on any atom is 0.407 e. The van der Waals surface area contributed by atoms with Gasteiger partial charge in [0, 0.05) is 37.9 Å². The van der Waals surface area contributed by atoms with Crippen LogP contribution in [0.1, 0.15) is 62.5 Å². The smallest absolute Gasteiger partial charge is 0.407 e. The van der Waals surface area contributed by atoms with E-state index in [4.69, 9.17) is 9.84 Å². The zero-order chi connectivity index (χ0) is 24.8. The first-order chi connectivity index (χ1) is 16.9. The number of benzene rings is 2. The Kier molecular flexibility index (Phi) is 8.06. The molecule has 2 atom stereocenters. The summed E-state index contributed by atoms with van der Waals surface area (Å²) in [5, 5.41) is 11.7. The van der Waals surface area contributed by atoms with E-state index < -0.39 is 12.1 Å². The zero-order valence-electron chi connectivity index (χ0n) is 20.2. The number of likely N-dealkylation sites (tertiary alicyclic amines) is 1. The van der Waals surface area contributed by atoms with Gasteiger partial charge in [-0.2, -0.15) is 0 Å². The first-order valence-electron chi connectivity index (χ1n) is 12.5. The summed E-state index contributed by atoms with van der Waals surface area (Å²) < 4.78 is 5.60. The number of aliphatic carboxylic acids is 1. The summed E-state index contributed by atoms with van der Waals surface area (Å²) in [5.41, 5.74) is 4.75. The summed E-state index contributed by atoms with van der Waals surface area (Å²) >= 11 is 0. The van der Waals surface area contributed by atoms with Crippen molar-refractivity contribution in [3.63, 3.8) is 0 Å². The lowest BCUT2D eigenvalue weighted by atomic mass is 9.98. The summed E-state index contributed by atoms with van der Waals surface area (Å²) in [5.74, 6) is -0.367. The number of hydrogen-bond acceptors (Lipinski definition) is 4. The lowest BCUT2D eigenvalue weighted by Crippen LogP contribution is -2.34. The van der Waals surface area contributed by atoms with E-state index in [2.05, 4.69) is 29.6 Å². The summed E-state index contributed by atoms with van der Waals surface area (Å²) in [6.07, 6.45) is 3.02. The van der Waals surface area contributed by atoms with E-state index in [1.54, 1.807) is 0 Å². The SMILES string of the molecule is CC(CCCC(=O)N1CCC(CCC(=O)O)C1)NC(=O)OCC1c2ccccc2-c2ccccc21. The molecule has 2 aliphatic rings. The molecule has 0 saturated carbocycles. The molecule has 7 nitrogen and oxygen atoms in total. The highest BCUT2D eigenvalue weighted by atomic mass is 16.5. The first-order valence-corrected chi connectivity index (χ1v) is 12.5. The molecule has 1 aliphatic heterocycles. The Labute approximate surface area is 206 Å². The fraction of sp³-hybridized carbons (Fsp3) is 0.464. The van der Waals surface area contributed by atoms with Crippen LogP contribution >= 0.6 is 0 Å². The Morgan fingerprint density at radius 1 is 1.06 bits per heavy atom. The predicted octanol–water partition coefficient (Wildman–Crippen LogP) is 4.80. The highest BCUT2D eigenvalue weighted by Crippen LogP contribution is 2.44. The Balaban J connectivity index is 1.17. The minimum Gasteiger partial charge on any atom is -0.481 e. The second-order valence-corrected chi connectivity index (χ2v) is 9.69. The molecule has 2 amide bonds. The predicted molar refractivity (Wildman–Crippen MR) is 133 cm³/mol. The van der Waals surface area contributed by atoms with Gasteiger partial charge in [0.15, 0.2) is 0 Å². The molecule has 186 valence electrons. The van der Waals surface area contributed by atoms with Crippen LogP contribution < -0.4 is 5.32 Å². The van der Waals surface area contributed by atoms with Crippen molar-refractivity contribution in [2.45, 2.75) is 57.4 Å². The lowest BCUT2D eigenvalue weighted by Gasteiger charge is -2.18. The van der Waals surface area contributed by atoms with E-state index in [0.29, 0.717) is 38.8 Å². The van der Waals surface area contributed by atoms with Crippen LogP contribution in [0.2, 0.25) is 0 Å². The van der Waals surface area contributed by atoms with Crippen LogP contribution in [0.3, 0.4) is 0 Å². The largest absolute Gasteiger partial charge is 0.481 e. The van der Waals surface area contributed by atoms with E-state index in [9.17, 15) is 14.4 Å². The van der Waals surface area contributed by atoms with Crippen molar-refractivity contribution in [2.75, 3.05) is 19.7 Å². The third kappa shape index (κ3) is 6.21. The quantitative estimate of drug-likeness (QED) is 0.512. The third-order valence-electron chi connectivity index (χ3n) is 7.14. The number of hydrogen-bond donors (Lipinski definition) is 2. The Morgan fingerprint density at radius 2 is 1.71 bits per heavy atom. The van der Waals surface area contributed by atoms with E-state index >= 15 is 0 Å². The molecule has 0 aromatic heterocycles. The molecular weight excluding hydrogens is 444 g/mol. The third-order valence-corrected chi connectivity index (χ3v) is 7.14. The maximum atomic E-state index is 12.5. The van der Waals surface area contributed by atoms with Crippen LogP contribution in [0.15, 0.2) is 48.5 Å². The number of nitrogens with one attached hydrogen (secondary N) is 1. The Morgan fingerprint density at radius 3 is 2.37 bits per heavy atom. The van der Waals surface area contributed by atoms with Gasteiger partial charge in [-0.1, -0.05) is 48.5 Å². The second kappa shape index (κ2) is 11.4. The van der Waals surface area contributed by atoms with E-state index in [0.717, 1.165) is 6.42 Å². The summed E-state index contributed by atoms with van der Waals surface area (Å²) in [6.45, 7) is 3.56. The molecule has 7 heteroatoms. The molecule has 2 aromatic carbocycles. The number of ether oxygens (including phenoxy) is 1. The van der Waals surface area contributed by atoms with Gasteiger partial charge in [0.25, 0.3) is 0 Å². The van der Waals surface area contributed by atoms with Crippen LogP contribution in [0.5, 0.6) is 0 Å². The monoisotopic (exact) mass is 478 g/mol. The van der Waals surface area contributed by atoms with Gasteiger partial charge in [0.05, 0.1) is 0 Å². The first kappa shape index (κ1) is 24.8. The average Bonchev–Trinajstić information content (AvgIpc) is 3.44. The summed E-state index contributed by atoms with van der Waals surface area (Å²) in [7, 11) is 0. The fourth-order valence-electron chi connectivity index (χ4n) is 5.25. The van der Waals surface area contributed by atoms with Crippen molar-refractivity contribution >= 4 is 18.0 Å². The van der Waals surface area contributed by atoms with E-state index in [1.807, 2.05) is 36.1 Å². The molecule has 4 rings (SSSR count). The normalized spacial score (nSPS) is 17.5. The summed E-state index contributed by atoms with van der Waals surface area (Å²) in [4.78, 5) is 37.5. The highest BCUT2D eigenvalue weighted by Gasteiger charge is 2.29. The molecule has 2 unspecified atom stereocenters. The number of carboxylic acid groups (broad SMARTS) is 1. The van der Waals surface area contributed by atoms with Crippen molar-refractivity contribution in [3.05, 3.63) is 59.7 Å². The van der Waals surface area contributed by atoms with Crippen molar-refractivity contribution in [1.82, 2.24) is 10.2 Å². The molecule has 1 heterocycles. The molecule has 1 fully saturated rings. The number of carbonyl (C=O) groups is 3. The summed E-state index contributed by atoms with van der Waals surface area (Å²) in [6, 6.07) is 16.4. The van der Waals surface area contributed by atoms with Gasteiger partial charge in [-0.15, -0.1) is 0 Å². The number of rotatable bonds is 10. The van der Waals surface area contributed by atoms with Crippen LogP contribution in [-0.4, -0.2) is 53.7 Å². The van der Waals surface area contributed by atoms with Crippen LogP contribution in [0.4, 0.5) is 4.79 Å². The topological polar surface area (TPSA) is 95.9 Å². The molecule has 2 N–H and O–H groups in total. The second-order valence-electron chi connectivity index (χ2n) is 9.69. The number of amides is 2. The molecule has 0 bridgehead atoms. The van der Waals surface area contributed by atoms with Crippen molar-refractivity contribution in [1.29, 1.82) is 0 Å². The van der Waals surface area contributed by atoms with Crippen molar-refractivity contribution < 1.29 is 24.2 Å². The lowest BCUT2D eigenvalue weighted by molar-refractivity contribution is -0.137. The van der Waals surface area contributed by atoms with Crippen LogP contribution in [0.25, 0.3) is 11.1 Å². The molecule has 2 aromatic rings. The fourth-order valence-corrected chi connectivity index (χ4v) is 5.25. The van der Waals surface area contributed by atoms with Crippen molar-refractivity contribution in [3.8, 4) is 11.1 Å². The number of nitrogens with zero attached hydrogens (tertiary/aromatic N) is 1. The number of carboxylic acids is 1. The maximum absolute atomic E-state index is 12.5.